The van der Waals surface area contributed by atoms with Gasteiger partial charge >= 0.3 is 5.96 Å². The van der Waals surface area contributed by atoms with Gasteiger partial charge in [-0.3, -0.25) is 4.58 Å². The summed E-state index contributed by atoms with van der Waals surface area (Å²) in [5.74, 6) is 1.68. The molecule has 2 saturated heterocycles. The summed E-state index contributed by atoms with van der Waals surface area (Å²) in [6.45, 7) is 6.85. The molecule has 150 valence electrons. The summed E-state index contributed by atoms with van der Waals surface area (Å²) in [5.41, 5.74) is -0.466. The molecular formula is C22H36N3O2+. The molecule has 0 aliphatic carbocycles. The van der Waals surface area contributed by atoms with E-state index in [1.807, 2.05) is 0 Å². The van der Waals surface area contributed by atoms with E-state index in [-0.39, 0.29) is 17.6 Å². The van der Waals surface area contributed by atoms with E-state index in [0.717, 1.165) is 32.1 Å². The standard InChI is InChI=1S/C22H35N3O2/c1-4-18-9-5-6-12-21(27-18)14-17-10-11-19-16(3)22(13-7-8-15(2)26-22)24-20(23-21)25(17)19/h5,9,15-19H,4,6-8,10-14H2,1-3H3,(H,23,24)/p+1/t15-,16+,17+,18+,19+,21+,22-/m1/s1. The molecule has 0 saturated carbocycles. The quantitative estimate of drug-likeness (QED) is 0.546. The molecule has 5 aliphatic rings. The van der Waals surface area contributed by atoms with Crippen molar-refractivity contribution >= 4 is 5.96 Å². The predicted octanol–water partition coefficient (Wildman–Crippen LogP) is 3.25. The van der Waals surface area contributed by atoms with Gasteiger partial charge in [0.2, 0.25) is 0 Å². The molecule has 0 unspecified atom stereocenters. The fraction of sp³-hybridized carbons (Fsp3) is 0.864. The highest BCUT2D eigenvalue weighted by Crippen LogP contribution is 2.44. The molecule has 0 aromatic heterocycles. The van der Waals surface area contributed by atoms with E-state index < -0.39 is 0 Å². The summed E-state index contributed by atoms with van der Waals surface area (Å²) >= 11 is 0. The van der Waals surface area contributed by atoms with Crippen LogP contribution in [0.3, 0.4) is 0 Å². The third-order valence-corrected chi connectivity index (χ3v) is 7.77. The van der Waals surface area contributed by atoms with Gasteiger partial charge in [0, 0.05) is 19.3 Å². The van der Waals surface area contributed by atoms with Crippen molar-refractivity contribution in [3.05, 3.63) is 12.2 Å². The predicted molar refractivity (Wildman–Crippen MR) is 106 cm³/mol. The Morgan fingerprint density at radius 1 is 1.15 bits per heavy atom. The minimum absolute atomic E-state index is 0.215. The smallest absolute Gasteiger partial charge is 0.340 e. The first-order valence-corrected chi connectivity index (χ1v) is 11.3. The third-order valence-electron chi connectivity index (χ3n) is 7.77. The lowest BCUT2D eigenvalue weighted by Crippen LogP contribution is -2.74. The van der Waals surface area contributed by atoms with Crippen molar-refractivity contribution < 1.29 is 14.0 Å². The van der Waals surface area contributed by atoms with E-state index >= 15 is 0 Å². The molecule has 5 rings (SSSR count). The first-order chi connectivity index (χ1) is 13.0. The summed E-state index contributed by atoms with van der Waals surface area (Å²) in [4.78, 5) is 0. The zero-order valence-electron chi connectivity index (χ0n) is 17.2. The van der Waals surface area contributed by atoms with Crippen LogP contribution >= 0.6 is 0 Å². The maximum Gasteiger partial charge on any atom is 0.350 e. The molecule has 5 heteroatoms. The van der Waals surface area contributed by atoms with E-state index in [9.17, 15) is 0 Å². The second kappa shape index (κ2) is 6.48. The van der Waals surface area contributed by atoms with Gasteiger partial charge in [0.05, 0.1) is 30.2 Å². The molecule has 2 spiro atoms. The van der Waals surface area contributed by atoms with Crippen LogP contribution < -0.4 is 10.6 Å². The molecule has 0 amide bonds. The normalized spacial score (nSPS) is 48.9. The third kappa shape index (κ3) is 2.84. The molecule has 0 aromatic carbocycles. The second-order valence-corrected chi connectivity index (χ2v) is 9.53. The van der Waals surface area contributed by atoms with E-state index in [2.05, 4.69) is 48.1 Å². The van der Waals surface area contributed by atoms with Gasteiger partial charge in [0.25, 0.3) is 0 Å². The highest BCUT2D eigenvalue weighted by atomic mass is 16.5. The van der Waals surface area contributed by atoms with Crippen LogP contribution in [-0.4, -0.2) is 46.3 Å². The zero-order valence-corrected chi connectivity index (χ0v) is 17.2. The molecule has 27 heavy (non-hydrogen) atoms. The fourth-order valence-electron chi connectivity index (χ4n) is 6.35. The summed E-state index contributed by atoms with van der Waals surface area (Å²) in [6, 6.07) is 1.16. The zero-order chi connectivity index (χ0) is 18.6. The van der Waals surface area contributed by atoms with Crippen molar-refractivity contribution in [3.8, 4) is 0 Å². The molecule has 5 nitrogen and oxygen atoms in total. The molecule has 2 fully saturated rings. The first kappa shape index (κ1) is 18.0. The second-order valence-electron chi connectivity index (χ2n) is 9.53. The minimum Gasteiger partial charge on any atom is -0.340 e. The van der Waals surface area contributed by atoms with Crippen molar-refractivity contribution in [2.45, 2.75) is 114 Å². The Hall–Kier alpha value is -1.07. The van der Waals surface area contributed by atoms with Crippen molar-refractivity contribution in [1.29, 1.82) is 0 Å². The van der Waals surface area contributed by atoms with Crippen LogP contribution in [0.2, 0.25) is 0 Å². The summed E-state index contributed by atoms with van der Waals surface area (Å²) in [5, 5.41) is 7.76. The average Bonchev–Trinajstić information content (AvgIpc) is 2.96. The Bertz CT molecular complexity index is 662. The van der Waals surface area contributed by atoms with Gasteiger partial charge in [-0.2, -0.15) is 0 Å². The molecule has 5 aliphatic heterocycles. The Morgan fingerprint density at radius 2 is 2.04 bits per heavy atom. The number of guanidine groups is 1. The monoisotopic (exact) mass is 374 g/mol. The number of nitrogens with one attached hydrogen (secondary N) is 2. The number of hydrogen-bond donors (Lipinski definition) is 2. The van der Waals surface area contributed by atoms with Gasteiger partial charge in [-0.05, 0) is 45.4 Å². The molecule has 0 bridgehead atoms. The average molecular weight is 375 g/mol. The highest BCUT2D eigenvalue weighted by molar-refractivity contribution is 5.77. The fourth-order valence-corrected chi connectivity index (χ4v) is 6.35. The topological polar surface area (TPSA) is 45.5 Å². The lowest BCUT2D eigenvalue weighted by molar-refractivity contribution is -0.611. The van der Waals surface area contributed by atoms with E-state index in [0.29, 0.717) is 24.1 Å². The Labute approximate surface area is 163 Å². The first-order valence-electron chi connectivity index (χ1n) is 11.3. The van der Waals surface area contributed by atoms with Crippen molar-refractivity contribution in [3.63, 3.8) is 0 Å². The molecule has 0 radical (unpaired) electrons. The Kier molecular flexibility index (Phi) is 4.32. The van der Waals surface area contributed by atoms with Crippen LogP contribution in [0.4, 0.5) is 0 Å². The van der Waals surface area contributed by atoms with Crippen LogP contribution in [0.1, 0.15) is 78.6 Å². The molecule has 2 N–H and O–H groups in total. The largest absolute Gasteiger partial charge is 0.350 e. The lowest BCUT2D eigenvalue weighted by Gasteiger charge is -2.50. The highest BCUT2D eigenvalue weighted by Gasteiger charge is 2.60. The summed E-state index contributed by atoms with van der Waals surface area (Å²) < 4.78 is 15.9. The number of ether oxygens (including phenoxy) is 2. The van der Waals surface area contributed by atoms with Crippen molar-refractivity contribution in [2.24, 2.45) is 5.92 Å². The SMILES string of the molecule is CC[C@H]1C=CCC[C@@]2(C[C@@H]3CC[C@H]4[C@H](C)[C@]5(CCC[C@@H](C)O5)NC(=[N+]34)N2)O1. The van der Waals surface area contributed by atoms with Crippen LogP contribution in [-0.2, 0) is 9.47 Å². The Balaban J connectivity index is 1.48. The number of hydrogen-bond acceptors (Lipinski definition) is 4. The maximum absolute atomic E-state index is 6.69. The van der Waals surface area contributed by atoms with Gasteiger partial charge < -0.3 is 9.47 Å². The van der Waals surface area contributed by atoms with Crippen LogP contribution in [0, 0.1) is 5.92 Å². The number of allylic oxidation sites excluding steroid dienone is 1. The van der Waals surface area contributed by atoms with E-state index in [4.69, 9.17) is 9.47 Å². The molecule has 0 aromatic rings. The number of rotatable bonds is 1. The Morgan fingerprint density at radius 3 is 2.85 bits per heavy atom. The van der Waals surface area contributed by atoms with Gasteiger partial charge in [0.15, 0.2) is 11.4 Å². The van der Waals surface area contributed by atoms with Gasteiger partial charge in [-0.15, -0.1) is 0 Å². The van der Waals surface area contributed by atoms with Crippen LogP contribution in [0.25, 0.3) is 0 Å². The van der Waals surface area contributed by atoms with Crippen molar-refractivity contribution in [2.75, 3.05) is 0 Å². The van der Waals surface area contributed by atoms with Gasteiger partial charge in [-0.1, -0.05) is 26.0 Å². The van der Waals surface area contributed by atoms with Crippen LogP contribution in [0.15, 0.2) is 12.2 Å². The van der Waals surface area contributed by atoms with Gasteiger partial charge in [-0.25, -0.2) is 10.6 Å². The number of nitrogens with zero attached hydrogens (tertiary/aromatic N) is 1. The van der Waals surface area contributed by atoms with E-state index in [1.165, 1.54) is 31.6 Å². The maximum atomic E-state index is 6.69. The summed E-state index contributed by atoms with van der Waals surface area (Å²) in [7, 11) is 0. The molecule has 7 atom stereocenters. The summed E-state index contributed by atoms with van der Waals surface area (Å²) in [6.07, 6.45) is 15.4. The van der Waals surface area contributed by atoms with Crippen LogP contribution in [0.5, 0.6) is 0 Å². The molecule has 5 heterocycles. The lowest BCUT2D eigenvalue weighted by atomic mass is 9.82. The van der Waals surface area contributed by atoms with Crippen molar-refractivity contribution in [1.82, 2.24) is 10.6 Å². The van der Waals surface area contributed by atoms with Gasteiger partial charge in [0.1, 0.15) is 0 Å². The van der Waals surface area contributed by atoms with E-state index in [1.54, 1.807) is 0 Å². The minimum atomic E-state index is -0.245. The molecular weight excluding hydrogens is 338 g/mol.